The summed E-state index contributed by atoms with van der Waals surface area (Å²) in [5, 5.41) is 3.86. The molecular formula is C24H28N4O2S2. The Morgan fingerprint density at radius 2 is 2.03 bits per heavy atom. The van der Waals surface area contributed by atoms with Crippen molar-refractivity contribution in [2.45, 2.75) is 49.6 Å². The van der Waals surface area contributed by atoms with E-state index in [1.807, 2.05) is 50.2 Å². The summed E-state index contributed by atoms with van der Waals surface area (Å²) in [6.07, 6.45) is 5.94. The maximum Gasteiger partial charge on any atom is 0.263 e. The number of aryl methyl sites for hydroxylation is 2. The first kappa shape index (κ1) is 22.6. The summed E-state index contributed by atoms with van der Waals surface area (Å²) in [6, 6.07) is 7.70. The molecule has 0 saturated heterocycles. The minimum Gasteiger partial charge on any atom is -0.378 e. The maximum atomic E-state index is 13.4. The van der Waals surface area contributed by atoms with Crippen molar-refractivity contribution in [2.24, 2.45) is 0 Å². The van der Waals surface area contributed by atoms with E-state index in [1.54, 1.807) is 22.0 Å². The second-order valence-corrected chi connectivity index (χ2v) is 10.6. The number of rotatable bonds is 7. The molecular weight excluding hydrogens is 440 g/mol. The Kier molecular flexibility index (Phi) is 6.71. The Hall–Kier alpha value is -2.58. The number of carbonyl (C=O) groups excluding carboxylic acids is 1. The van der Waals surface area contributed by atoms with E-state index in [0.717, 1.165) is 47.3 Å². The van der Waals surface area contributed by atoms with Gasteiger partial charge in [0, 0.05) is 36.9 Å². The maximum absolute atomic E-state index is 13.4. The van der Waals surface area contributed by atoms with Gasteiger partial charge in [-0.3, -0.25) is 14.2 Å². The van der Waals surface area contributed by atoms with Crippen LogP contribution < -0.4 is 15.8 Å². The fourth-order valence-corrected chi connectivity index (χ4v) is 6.12. The number of thioether (sulfide) groups is 1. The van der Waals surface area contributed by atoms with Crippen molar-refractivity contribution in [3.63, 3.8) is 0 Å². The van der Waals surface area contributed by atoms with Gasteiger partial charge in [-0.2, -0.15) is 0 Å². The van der Waals surface area contributed by atoms with Crippen LogP contribution in [-0.4, -0.2) is 34.8 Å². The molecule has 0 bridgehead atoms. The number of allylic oxidation sites excluding steroid dienone is 1. The summed E-state index contributed by atoms with van der Waals surface area (Å²) in [6.45, 7) is 6.01. The number of amides is 1. The highest BCUT2D eigenvalue weighted by molar-refractivity contribution is 8.00. The molecule has 8 heteroatoms. The van der Waals surface area contributed by atoms with E-state index in [0.29, 0.717) is 11.7 Å². The third kappa shape index (κ3) is 4.47. The van der Waals surface area contributed by atoms with Crippen LogP contribution in [0.5, 0.6) is 0 Å². The van der Waals surface area contributed by atoms with Crippen LogP contribution in [0.4, 0.5) is 11.4 Å². The molecule has 1 amide bonds. The van der Waals surface area contributed by atoms with E-state index >= 15 is 0 Å². The fourth-order valence-electron chi connectivity index (χ4n) is 3.90. The molecule has 0 spiro atoms. The Morgan fingerprint density at radius 1 is 1.31 bits per heavy atom. The Bertz CT molecular complexity index is 1210. The van der Waals surface area contributed by atoms with Crippen molar-refractivity contribution in [3.8, 4) is 0 Å². The Balaban J connectivity index is 1.59. The van der Waals surface area contributed by atoms with Crippen LogP contribution in [0.2, 0.25) is 0 Å². The van der Waals surface area contributed by atoms with Crippen LogP contribution in [0.25, 0.3) is 10.2 Å². The molecule has 1 atom stereocenters. The summed E-state index contributed by atoms with van der Waals surface area (Å²) >= 11 is 2.94. The third-order valence-corrected chi connectivity index (χ3v) is 7.93. The van der Waals surface area contributed by atoms with Crippen molar-refractivity contribution in [1.82, 2.24) is 9.55 Å². The SMILES string of the molecule is C=CCn1c(SC(C)C(=O)Nc2ccc(N(C)C)cc2)nc2sc3c(c2c1=O)CCCC3. The Labute approximate surface area is 196 Å². The van der Waals surface area contributed by atoms with Gasteiger partial charge >= 0.3 is 0 Å². The summed E-state index contributed by atoms with van der Waals surface area (Å²) in [4.78, 5) is 35.1. The van der Waals surface area contributed by atoms with E-state index in [-0.39, 0.29) is 11.5 Å². The Morgan fingerprint density at radius 3 is 2.72 bits per heavy atom. The van der Waals surface area contributed by atoms with Crippen LogP contribution in [-0.2, 0) is 24.2 Å². The highest BCUT2D eigenvalue weighted by Crippen LogP contribution is 2.35. The van der Waals surface area contributed by atoms with Gasteiger partial charge in [0.05, 0.1) is 10.6 Å². The first-order chi connectivity index (χ1) is 15.4. The quantitative estimate of drug-likeness (QED) is 0.309. The second-order valence-electron chi connectivity index (χ2n) is 8.18. The van der Waals surface area contributed by atoms with Gasteiger partial charge in [0.1, 0.15) is 4.83 Å². The van der Waals surface area contributed by atoms with Gasteiger partial charge in [-0.05, 0) is 62.4 Å². The highest BCUT2D eigenvalue weighted by atomic mass is 32.2. The van der Waals surface area contributed by atoms with Gasteiger partial charge in [0.2, 0.25) is 5.91 Å². The molecule has 4 rings (SSSR count). The zero-order chi connectivity index (χ0) is 22.8. The van der Waals surface area contributed by atoms with Crippen LogP contribution >= 0.6 is 23.1 Å². The minimum absolute atomic E-state index is 0.0244. The van der Waals surface area contributed by atoms with Gasteiger partial charge in [0.25, 0.3) is 5.56 Å². The van der Waals surface area contributed by atoms with Crippen molar-refractivity contribution >= 4 is 50.6 Å². The lowest BCUT2D eigenvalue weighted by Crippen LogP contribution is -2.27. The molecule has 0 fully saturated rings. The zero-order valence-electron chi connectivity index (χ0n) is 18.7. The predicted octanol–water partition coefficient (Wildman–Crippen LogP) is 4.71. The van der Waals surface area contributed by atoms with Gasteiger partial charge in [-0.25, -0.2) is 4.98 Å². The summed E-state index contributed by atoms with van der Waals surface area (Å²) in [7, 11) is 3.95. The zero-order valence-corrected chi connectivity index (χ0v) is 20.3. The average molecular weight is 469 g/mol. The molecule has 1 aliphatic rings. The first-order valence-corrected chi connectivity index (χ1v) is 12.5. The summed E-state index contributed by atoms with van der Waals surface area (Å²) in [5.41, 5.74) is 2.96. The van der Waals surface area contributed by atoms with Crippen molar-refractivity contribution < 1.29 is 4.79 Å². The van der Waals surface area contributed by atoms with E-state index in [9.17, 15) is 9.59 Å². The van der Waals surface area contributed by atoms with E-state index in [1.165, 1.54) is 22.2 Å². The number of carbonyl (C=O) groups is 1. The van der Waals surface area contributed by atoms with Crippen molar-refractivity contribution in [1.29, 1.82) is 0 Å². The molecule has 2 heterocycles. The molecule has 2 aromatic heterocycles. The van der Waals surface area contributed by atoms with Crippen LogP contribution in [0, 0.1) is 0 Å². The number of nitrogens with one attached hydrogen (secondary N) is 1. The normalized spacial score (nSPS) is 14.1. The van der Waals surface area contributed by atoms with E-state index < -0.39 is 5.25 Å². The van der Waals surface area contributed by atoms with Crippen molar-refractivity contribution in [2.75, 3.05) is 24.3 Å². The lowest BCUT2D eigenvalue weighted by Gasteiger charge is -2.16. The molecule has 168 valence electrons. The molecule has 1 aliphatic carbocycles. The number of anilines is 2. The lowest BCUT2D eigenvalue weighted by molar-refractivity contribution is -0.115. The third-order valence-electron chi connectivity index (χ3n) is 5.65. The smallest absolute Gasteiger partial charge is 0.263 e. The number of thiophene rings is 1. The molecule has 6 nitrogen and oxygen atoms in total. The van der Waals surface area contributed by atoms with Crippen LogP contribution in [0.3, 0.4) is 0 Å². The molecule has 0 aliphatic heterocycles. The highest BCUT2D eigenvalue weighted by Gasteiger charge is 2.24. The number of benzene rings is 1. The number of fused-ring (bicyclic) bond motifs is 3. The molecule has 1 N–H and O–H groups in total. The first-order valence-electron chi connectivity index (χ1n) is 10.8. The van der Waals surface area contributed by atoms with E-state index in [2.05, 4.69) is 11.9 Å². The number of nitrogens with zero attached hydrogens (tertiary/aromatic N) is 3. The molecule has 3 aromatic rings. The monoisotopic (exact) mass is 468 g/mol. The second kappa shape index (κ2) is 9.50. The lowest BCUT2D eigenvalue weighted by atomic mass is 9.97. The van der Waals surface area contributed by atoms with Gasteiger partial charge < -0.3 is 10.2 Å². The fraction of sp³-hybridized carbons (Fsp3) is 0.375. The molecule has 1 unspecified atom stereocenters. The number of aromatic nitrogens is 2. The predicted molar refractivity (Wildman–Crippen MR) is 135 cm³/mol. The summed E-state index contributed by atoms with van der Waals surface area (Å²) in [5.74, 6) is -0.127. The average Bonchev–Trinajstić information content (AvgIpc) is 3.15. The van der Waals surface area contributed by atoms with E-state index in [4.69, 9.17) is 4.98 Å². The topological polar surface area (TPSA) is 67.2 Å². The summed E-state index contributed by atoms with van der Waals surface area (Å²) < 4.78 is 1.65. The largest absolute Gasteiger partial charge is 0.378 e. The van der Waals surface area contributed by atoms with Gasteiger partial charge in [0.15, 0.2) is 5.16 Å². The number of hydrogen-bond acceptors (Lipinski definition) is 6. The van der Waals surface area contributed by atoms with Gasteiger partial charge in [-0.15, -0.1) is 17.9 Å². The van der Waals surface area contributed by atoms with Crippen LogP contribution in [0.15, 0.2) is 46.9 Å². The van der Waals surface area contributed by atoms with Crippen molar-refractivity contribution in [3.05, 3.63) is 57.7 Å². The van der Waals surface area contributed by atoms with Crippen LogP contribution in [0.1, 0.15) is 30.2 Å². The standard InChI is InChI=1S/C24H28N4O2S2/c1-5-14-28-23(30)20-18-8-6-7-9-19(18)32-22(20)26-24(28)31-15(2)21(29)25-16-10-12-17(13-11-16)27(3)4/h5,10-13,15H,1,6-9,14H2,2-4H3,(H,25,29). The molecule has 32 heavy (non-hydrogen) atoms. The molecule has 0 radical (unpaired) electrons. The molecule has 0 saturated carbocycles. The molecule has 1 aromatic carbocycles. The van der Waals surface area contributed by atoms with Gasteiger partial charge in [-0.1, -0.05) is 17.8 Å². The minimum atomic E-state index is -0.418. The number of hydrogen-bond donors (Lipinski definition) is 1.